The van der Waals surface area contributed by atoms with Crippen molar-refractivity contribution in [2.75, 3.05) is 33.3 Å². The highest BCUT2D eigenvalue weighted by atomic mass is 16.5. The van der Waals surface area contributed by atoms with Crippen LogP contribution in [0, 0.1) is 0 Å². The Morgan fingerprint density at radius 1 is 1.38 bits per heavy atom. The molecule has 21 heavy (non-hydrogen) atoms. The van der Waals surface area contributed by atoms with E-state index >= 15 is 0 Å². The molecule has 0 aromatic heterocycles. The third kappa shape index (κ3) is 3.52. The first kappa shape index (κ1) is 15.3. The molecule has 1 atom stereocenters. The molecule has 2 amide bonds. The zero-order valence-corrected chi connectivity index (χ0v) is 12.4. The van der Waals surface area contributed by atoms with Crippen LogP contribution in [0.1, 0.15) is 17.3 Å². The summed E-state index contributed by atoms with van der Waals surface area (Å²) in [6, 6.07) is 6.47. The molecule has 1 aliphatic rings. The lowest BCUT2D eigenvalue weighted by atomic mass is 10.1. The lowest BCUT2D eigenvalue weighted by Crippen LogP contribution is -2.59. The Kier molecular flexibility index (Phi) is 5.16. The minimum atomic E-state index is -0.465. The number of amides is 2. The lowest BCUT2D eigenvalue weighted by molar-refractivity contribution is -0.126. The highest BCUT2D eigenvalue weighted by Crippen LogP contribution is 2.15. The maximum Gasteiger partial charge on any atom is 0.254 e. The number of nitrogens with one attached hydrogen (secondary N) is 2. The van der Waals surface area contributed by atoms with Crippen LogP contribution in [0.25, 0.3) is 0 Å². The number of methoxy groups -OCH3 is 1. The number of ether oxygens (including phenoxy) is 1. The number of likely N-dealkylation sites (N-methyl/N-ethyl adjacent to an activating group) is 1. The van der Waals surface area contributed by atoms with E-state index in [1.807, 2.05) is 6.92 Å². The maximum absolute atomic E-state index is 12.6. The van der Waals surface area contributed by atoms with Crippen molar-refractivity contribution in [3.63, 3.8) is 0 Å². The van der Waals surface area contributed by atoms with Gasteiger partial charge in [0.05, 0.1) is 7.11 Å². The lowest BCUT2D eigenvalue weighted by Gasteiger charge is -2.35. The molecule has 114 valence electrons. The van der Waals surface area contributed by atoms with Crippen molar-refractivity contribution in [2.45, 2.75) is 13.0 Å². The molecule has 1 aromatic rings. The van der Waals surface area contributed by atoms with Crippen LogP contribution in [0.4, 0.5) is 0 Å². The van der Waals surface area contributed by atoms with Gasteiger partial charge in [0.15, 0.2) is 0 Å². The number of piperazine rings is 1. The summed E-state index contributed by atoms with van der Waals surface area (Å²) in [5, 5.41) is 5.93. The van der Waals surface area contributed by atoms with Gasteiger partial charge in [0.25, 0.3) is 5.91 Å². The molecule has 2 rings (SSSR count). The fourth-order valence-electron chi connectivity index (χ4n) is 2.37. The van der Waals surface area contributed by atoms with E-state index in [2.05, 4.69) is 10.6 Å². The number of nitrogens with zero attached hydrogens (tertiary/aromatic N) is 1. The quantitative estimate of drug-likeness (QED) is 0.834. The van der Waals surface area contributed by atoms with Gasteiger partial charge < -0.3 is 20.3 Å². The molecule has 1 fully saturated rings. The van der Waals surface area contributed by atoms with Crippen molar-refractivity contribution in [1.29, 1.82) is 0 Å². The largest absolute Gasteiger partial charge is 0.497 e. The van der Waals surface area contributed by atoms with Gasteiger partial charge in [-0.05, 0) is 31.2 Å². The minimum absolute atomic E-state index is 0.119. The Hall–Kier alpha value is -2.08. The van der Waals surface area contributed by atoms with Crippen LogP contribution < -0.4 is 15.4 Å². The van der Waals surface area contributed by atoms with Crippen LogP contribution in [0.5, 0.6) is 5.75 Å². The van der Waals surface area contributed by atoms with E-state index in [1.165, 1.54) is 0 Å². The SMILES string of the molecule is CCNC(=O)C1CNCCN1C(=O)c1ccc(OC)cc1. The topological polar surface area (TPSA) is 70.7 Å². The highest BCUT2D eigenvalue weighted by Gasteiger charge is 2.32. The van der Waals surface area contributed by atoms with E-state index in [0.29, 0.717) is 37.5 Å². The van der Waals surface area contributed by atoms with Gasteiger partial charge in [-0.2, -0.15) is 0 Å². The second-order valence-electron chi connectivity index (χ2n) is 4.84. The van der Waals surface area contributed by atoms with Crippen LogP contribution >= 0.6 is 0 Å². The number of benzene rings is 1. The second-order valence-corrected chi connectivity index (χ2v) is 4.84. The van der Waals surface area contributed by atoms with Gasteiger partial charge in [-0.25, -0.2) is 0 Å². The van der Waals surface area contributed by atoms with Crippen molar-refractivity contribution < 1.29 is 14.3 Å². The van der Waals surface area contributed by atoms with E-state index in [9.17, 15) is 9.59 Å². The zero-order valence-electron chi connectivity index (χ0n) is 12.4. The van der Waals surface area contributed by atoms with Gasteiger partial charge in [0.2, 0.25) is 5.91 Å². The van der Waals surface area contributed by atoms with E-state index < -0.39 is 6.04 Å². The molecule has 0 spiro atoms. The van der Waals surface area contributed by atoms with Crippen molar-refractivity contribution in [3.05, 3.63) is 29.8 Å². The summed E-state index contributed by atoms with van der Waals surface area (Å²) in [6.07, 6.45) is 0. The first-order chi connectivity index (χ1) is 10.2. The molecule has 2 N–H and O–H groups in total. The fraction of sp³-hybridized carbons (Fsp3) is 0.467. The molecule has 1 aliphatic heterocycles. The molecule has 0 radical (unpaired) electrons. The monoisotopic (exact) mass is 291 g/mol. The molecular formula is C15H21N3O3. The number of hydrogen-bond acceptors (Lipinski definition) is 4. The predicted molar refractivity (Wildman–Crippen MR) is 79.4 cm³/mol. The summed E-state index contributed by atoms with van der Waals surface area (Å²) < 4.78 is 5.09. The van der Waals surface area contributed by atoms with Gasteiger partial charge in [-0.1, -0.05) is 0 Å². The van der Waals surface area contributed by atoms with E-state index in [1.54, 1.807) is 36.3 Å². The van der Waals surface area contributed by atoms with E-state index in [0.717, 1.165) is 0 Å². The molecule has 1 unspecified atom stereocenters. The van der Waals surface area contributed by atoms with Gasteiger partial charge in [-0.15, -0.1) is 0 Å². The van der Waals surface area contributed by atoms with Gasteiger partial charge in [-0.3, -0.25) is 9.59 Å². The molecule has 6 nitrogen and oxygen atoms in total. The van der Waals surface area contributed by atoms with E-state index in [4.69, 9.17) is 4.74 Å². The molecular weight excluding hydrogens is 270 g/mol. The van der Waals surface area contributed by atoms with Gasteiger partial charge >= 0.3 is 0 Å². The average Bonchev–Trinajstić information content (AvgIpc) is 2.54. The molecule has 0 aliphatic carbocycles. The number of rotatable bonds is 4. The van der Waals surface area contributed by atoms with Gasteiger partial charge in [0, 0.05) is 31.7 Å². The van der Waals surface area contributed by atoms with Crippen LogP contribution in [0.2, 0.25) is 0 Å². The summed E-state index contributed by atoms with van der Waals surface area (Å²) in [4.78, 5) is 26.3. The Balaban J connectivity index is 2.15. The standard InChI is InChI=1S/C15H21N3O3/c1-3-17-14(19)13-10-16-8-9-18(13)15(20)11-4-6-12(21-2)7-5-11/h4-7,13,16H,3,8-10H2,1-2H3,(H,17,19). The van der Waals surface area contributed by atoms with Crippen molar-refractivity contribution >= 4 is 11.8 Å². The van der Waals surface area contributed by atoms with Crippen molar-refractivity contribution in [3.8, 4) is 5.75 Å². The Morgan fingerprint density at radius 2 is 2.10 bits per heavy atom. The highest BCUT2D eigenvalue weighted by molar-refractivity contribution is 5.97. The predicted octanol–water partition coefficient (Wildman–Crippen LogP) is 0.245. The zero-order chi connectivity index (χ0) is 15.2. The Bertz CT molecular complexity index is 501. The normalized spacial score (nSPS) is 18.2. The smallest absolute Gasteiger partial charge is 0.254 e. The molecule has 1 aromatic carbocycles. The number of hydrogen-bond donors (Lipinski definition) is 2. The third-order valence-corrected chi connectivity index (χ3v) is 3.49. The van der Waals surface area contributed by atoms with Crippen LogP contribution in [-0.4, -0.2) is 56.0 Å². The van der Waals surface area contributed by atoms with Gasteiger partial charge in [0.1, 0.15) is 11.8 Å². The van der Waals surface area contributed by atoms with Crippen LogP contribution in [0.3, 0.4) is 0 Å². The molecule has 1 saturated heterocycles. The maximum atomic E-state index is 12.6. The first-order valence-corrected chi connectivity index (χ1v) is 7.10. The Labute approximate surface area is 124 Å². The molecule has 1 heterocycles. The fourth-order valence-corrected chi connectivity index (χ4v) is 2.37. The van der Waals surface area contributed by atoms with Crippen molar-refractivity contribution in [2.24, 2.45) is 0 Å². The summed E-state index contributed by atoms with van der Waals surface area (Å²) in [6.45, 7) is 4.11. The molecule has 0 bridgehead atoms. The summed E-state index contributed by atoms with van der Waals surface area (Å²) >= 11 is 0. The van der Waals surface area contributed by atoms with E-state index in [-0.39, 0.29) is 11.8 Å². The van der Waals surface area contributed by atoms with Crippen LogP contribution in [-0.2, 0) is 4.79 Å². The van der Waals surface area contributed by atoms with Crippen LogP contribution in [0.15, 0.2) is 24.3 Å². The summed E-state index contributed by atoms with van der Waals surface area (Å²) in [5.41, 5.74) is 0.562. The molecule has 0 saturated carbocycles. The summed E-state index contributed by atoms with van der Waals surface area (Å²) in [5.74, 6) is 0.453. The van der Waals surface area contributed by atoms with Crippen molar-refractivity contribution in [1.82, 2.24) is 15.5 Å². The minimum Gasteiger partial charge on any atom is -0.497 e. The number of carbonyl (C=O) groups excluding carboxylic acids is 2. The first-order valence-electron chi connectivity index (χ1n) is 7.10. The second kappa shape index (κ2) is 7.08. The average molecular weight is 291 g/mol. The Morgan fingerprint density at radius 3 is 2.71 bits per heavy atom. The number of carbonyl (C=O) groups is 2. The summed E-state index contributed by atoms with van der Waals surface area (Å²) in [7, 11) is 1.58. The third-order valence-electron chi connectivity index (χ3n) is 3.49. The molecule has 6 heteroatoms.